The molecule has 4 rings (SSSR count). The average Bonchev–Trinajstić information content (AvgIpc) is 2.91. The Morgan fingerprint density at radius 2 is 1.50 bits per heavy atom. The summed E-state index contributed by atoms with van der Waals surface area (Å²) in [6.07, 6.45) is 0. The van der Waals surface area contributed by atoms with Gasteiger partial charge in [-0.25, -0.2) is 9.36 Å². The Bertz CT molecular complexity index is 1180. The number of fused-ring (bicyclic) bond motifs is 1. The molecule has 0 aliphatic carbocycles. The van der Waals surface area contributed by atoms with Gasteiger partial charge in [0.25, 0.3) is 5.56 Å². The quantitative estimate of drug-likeness (QED) is 0.661. The van der Waals surface area contributed by atoms with Crippen molar-refractivity contribution >= 4 is 23.5 Å². The van der Waals surface area contributed by atoms with Crippen molar-refractivity contribution in [2.75, 3.05) is 0 Å². The van der Waals surface area contributed by atoms with Crippen molar-refractivity contribution in [2.24, 2.45) is 0 Å². The van der Waals surface area contributed by atoms with E-state index in [1.165, 1.54) is 4.57 Å². The zero-order chi connectivity index (χ0) is 22.3. The maximum absolute atomic E-state index is 13.0. The summed E-state index contributed by atoms with van der Waals surface area (Å²) in [5.41, 5.74) is 0.831. The number of H-pyrrole nitrogens is 1. The third kappa shape index (κ3) is 3.52. The molecule has 2 heterocycles. The summed E-state index contributed by atoms with van der Waals surface area (Å²) in [7, 11) is -0.569. The van der Waals surface area contributed by atoms with Crippen molar-refractivity contribution in [1.29, 1.82) is 0 Å². The van der Waals surface area contributed by atoms with E-state index in [2.05, 4.69) is 4.98 Å². The van der Waals surface area contributed by atoms with Gasteiger partial charge in [0.2, 0.25) is 0 Å². The van der Waals surface area contributed by atoms with Crippen LogP contribution < -0.4 is 16.7 Å². The Labute approximate surface area is 177 Å². The van der Waals surface area contributed by atoms with Crippen molar-refractivity contribution in [3.8, 4) is 5.69 Å². The van der Waals surface area contributed by atoms with Crippen molar-refractivity contribution in [3.05, 3.63) is 68.9 Å². The summed E-state index contributed by atoms with van der Waals surface area (Å²) in [4.78, 5) is 28.5. The van der Waals surface area contributed by atoms with Crippen LogP contribution in [0.25, 0.3) is 16.6 Å². The van der Waals surface area contributed by atoms with Gasteiger partial charge in [0.1, 0.15) is 0 Å². The van der Waals surface area contributed by atoms with E-state index in [0.717, 1.165) is 11.0 Å². The number of hydrogen-bond acceptors (Lipinski definition) is 4. The van der Waals surface area contributed by atoms with Gasteiger partial charge in [-0.2, -0.15) is 0 Å². The maximum Gasteiger partial charge on any atom is 0.495 e. The van der Waals surface area contributed by atoms with Gasteiger partial charge in [0.15, 0.2) is 0 Å². The Morgan fingerprint density at radius 3 is 2.13 bits per heavy atom. The van der Waals surface area contributed by atoms with Gasteiger partial charge < -0.3 is 14.3 Å². The number of rotatable bonds is 2. The van der Waals surface area contributed by atoms with E-state index >= 15 is 0 Å². The molecule has 0 unspecified atom stereocenters. The molecule has 3 aromatic rings. The molecule has 30 heavy (non-hydrogen) atoms. The summed E-state index contributed by atoms with van der Waals surface area (Å²) < 4.78 is 13.5. The van der Waals surface area contributed by atoms with Gasteiger partial charge in [-0.3, -0.25) is 4.79 Å². The Morgan fingerprint density at radius 1 is 0.900 bits per heavy atom. The van der Waals surface area contributed by atoms with Crippen LogP contribution in [0.2, 0.25) is 0 Å². The molecule has 158 valence electrons. The minimum absolute atomic E-state index is 0.353. The minimum Gasteiger partial charge on any atom is -0.399 e. The number of aromatic amines is 1. The van der Waals surface area contributed by atoms with Crippen LogP contribution in [0.1, 0.15) is 47.1 Å². The Balaban J connectivity index is 0.00000124. The minimum atomic E-state index is -0.569. The highest BCUT2D eigenvalue weighted by atomic mass is 16.7. The molecule has 0 radical (unpaired) electrons. The summed E-state index contributed by atoms with van der Waals surface area (Å²) in [6.45, 7) is 13.8. The van der Waals surface area contributed by atoms with Crippen molar-refractivity contribution in [3.63, 3.8) is 0 Å². The Hall–Kier alpha value is -2.64. The molecule has 1 aromatic heterocycles. The van der Waals surface area contributed by atoms with Gasteiger partial charge in [-0.15, -0.1) is 0 Å². The predicted octanol–water partition coefficient (Wildman–Crippen LogP) is 3.31. The highest BCUT2D eigenvalue weighted by molar-refractivity contribution is 6.62. The largest absolute Gasteiger partial charge is 0.495 e. The molecule has 7 heteroatoms. The number of benzene rings is 2. The van der Waals surface area contributed by atoms with Crippen LogP contribution in [0.4, 0.5) is 0 Å². The Kier molecular flexibility index (Phi) is 5.80. The molecule has 1 fully saturated rings. The lowest BCUT2D eigenvalue weighted by Crippen LogP contribution is -2.41. The van der Waals surface area contributed by atoms with Crippen molar-refractivity contribution in [2.45, 2.75) is 59.7 Å². The number of aromatic nitrogens is 2. The first-order valence-corrected chi connectivity index (χ1v) is 10.3. The van der Waals surface area contributed by atoms with Crippen LogP contribution in [-0.4, -0.2) is 27.9 Å². The van der Waals surface area contributed by atoms with Gasteiger partial charge in [0, 0.05) is 0 Å². The first kappa shape index (κ1) is 22.1. The van der Waals surface area contributed by atoms with Gasteiger partial charge in [-0.05, 0) is 63.8 Å². The summed E-state index contributed by atoms with van der Waals surface area (Å²) in [5, 5.41) is 0.461. The number of para-hydroxylation sites is 1. The fourth-order valence-corrected chi connectivity index (χ4v) is 3.49. The van der Waals surface area contributed by atoms with Crippen LogP contribution in [0, 0.1) is 6.92 Å². The van der Waals surface area contributed by atoms with E-state index in [0.29, 0.717) is 16.6 Å². The van der Waals surface area contributed by atoms with Gasteiger partial charge in [-0.1, -0.05) is 38.1 Å². The molecule has 1 N–H and O–H groups in total. The van der Waals surface area contributed by atoms with Crippen LogP contribution in [0.3, 0.4) is 0 Å². The van der Waals surface area contributed by atoms with E-state index in [1.807, 2.05) is 60.6 Å². The molecule has 0 saturated carbocycles. The monoisotopic (exact) mass is 408 g/mol. The summed E-state index contributed by atoms with van der Waals surface area (Å²) in [6, 6.07) is 12.5. The topological polar surface area (TPSA) is 73.3 Å². The van der Waals surface area contributed by atoms with E-state index < -0.39 is 24.0 Å². The first-order chi connectivity index (χ1) is 14.1. The van der Waals surface area contributed by atoms with Crippen LogP contribution in [0.15, 0.2) is 52.1 Å². The van der Waals surface area contributed by atoms with E-state index in [-0.39, 0.29) is 5.56 Å². The molecule has 0 bridgehead atoms. The van der Waals surface area contributed by atoms with E-state index in [9.17, 15) is 9.59 Å². The molecule has 0 amide bonds. The highest BCUT2D eigenvalue weighted by Gasteiger charge is 2.52. The number of nitrogens with one attached hydrogen (secondary N) is 1. The lowest BCUT2D eigenvalue weighted by Gasteiger charge is -2.32. The van der Waals surface area contributed by atoms with Crippen LogP contribution >= 0.6 is 0 Å². The zero-order valence-electron chi connectivity index (χ0n) is 18.7. The number of nitrogens with zero attached hydrogens (tertiary/aromatic N) is 1. The SMILES string of the molecule is CC.Cc1c(B2OC(C)(C)C(C)(C)O2)cccc1-n1c(=O)[nH]c2ccccc2c1=O. The third-order valence-electron chi connectivity index (χ3n) is 5.90. The summed E-state index contributed by atoms with van der Waals surface area (Å²) in [5.74, 6) is 0. The fraction of sp³-hybridized carbons (Fsp3) is 0.391. The average molecular weight is 408 g/mol. The molecule has 2 aromatic carbocycles. The predicted molar refractivity (Wildman–Crippen MR) is 122 cm³/mol. The lowest BCUT2D eigenvalue weighted by atomic mass is 9.76. The smallest absolute Gasteiger partial charge is 0.399 e. The summed E-state index contributed by atoms with van der Waals surface area (Å²) >= 11 is 0. The lowest BCUT2D eigenvalue weighted by molar-refractivity contribution is 0.00578. The molecular weight excluding hydrogens is 379 g/mol. The van der Waals surface area contributed by atoms with E-state index in [1.54, 1.807) is 30.3 Å². The van der Waals surface area contributed by atoms with Gasteiger partial charge in [0.05, 0.1) is 27.8 Å². The molecule has 1 aliphatic heterocycles. The zero-order valence-corrected chi connectivity index (χ0v) is 18.7. The second kappa shape index (κ2) is 7.89. The van der Waals surface area contributed by atoms with Crippen LogP contribution in [-0.2, 0) is 9.31 Å². The third-order valence-corrected chi connectivity index (χ3v) is 5.90. The maximum atomic E-state index is 13.0. The fourth-order valence-electron chi connectivity index (χ4n) is 3.49. The standard InChI is InChI=1S/C21H23BN2O4.C2H6/c1-13-15(22-27-20(2,3)21(4,5)28-22)10-8-12-17(13)24-18(25)14-9-6-7-11-16(14)23-19(24)26;1-2/h6-12H,1-5H3,(H,23,26);1-2H3. The molecule has 1 saturated heterocycles. The number of hydrogen-bond donors (Lipinski definition) is 1. The molecule has 1 aliphatic rings. The van der Waals surface area contributed by atoms with Crippen LogP contribution in [0.5, 0.6) is 0 Å². The normalized spacial score (nSPS) is 17.0. The van der Waals surface area contributed by atoms with Crippen molar-refractivity contribution in [1.82, 2.24) is 9.55 Å². The first-order valence-electron chi connectivity index (χ1n) is 10.3. The molecule has 0 atom stereocenters. The second-order valence-corrected chi connectivity index (χ2v) is 8.20. The second-order valence-electron chi connectivity index (χ2n) is 8.20. The molecule has 6 nitrogen and oxygen atoms in total. The van der Waals surface area contributed by atoms with E-state index in [4.69, 9.17) is 9.31 Å². The van der Waals surface area contributed by atoms with Gasteiger partial charge >= 0.3 is 12.8 Å². The molecule has 0 spiro atoms. The van der Waals surface area contributed by atoms with Crippen molar-refractivity contribution < 1.29 is 9.31 Å². The highest BCUT2D eigenvalue weighted by Crippen LogP contribution is 2.36. The molecular formula is C23H29BN2O4.